The molecule has 0 amide bonds. The van der Waals surface area contributed by atoms with Crippen LogP contribution in [0.1, 0.15) is 16.7 Å². The molecule has 5 aromatic rings. The number of anilines is 1. The Morgan fingerprint density at radius 2 is 1.03 bits per heavy atom. The van der Waals surface area contributed by atoms with Gasteiger partial charge in [-0.1, -0.05) is 103 Å². The van der Waals surface area contributed by atoms with E-state index in [0.29, 0.717) is 0 Å². The summed E-state index contributed by atoms with van der Waals surface area (Å²) in [6, 6.07) is 39.6. The van der Waals surface area contributed by atoms with Crippen molar-refractivity contribution in [3.63, 3.8) is 0 Å². The first-order valence-electron chi connectivity index (χ1n) is 10.4. The molecule has 31 heavy (non-hydrogen) atoms. The molecule has 0 saturated carbocycles. The molecule has 0 aliphatic heterocycles. The zero-order chi connectivity index (χ0) is 21.1. The predicted molar refractivity (Wildman–Crippen MR) is 127 cm³/mol. The van der Waals surface area contributed by atoms with Gasteiger partial charge in [-0.05, 0) is 28.8 Å². The molecule has 0 bridgehead atoms. The van der Waals surface area contributed by atoms with E-state index in [0.717, 1.165) is 16.9 Å². The maximum Gasteiger partial charge on any atom is 0.121 e. The number of nitrogen functional groups attached to an aromatic ring is 1. The summed E-state index contributed by atoms with van der Waals surface area (Å²) >= 11 is 0. The zero-order valence-electron chi connectivity index (χ0n) is 17.1. The number of hydrogen-bond acceptors (Lipinski definition) is 2. The molecule has 0 radical (unpaired) electrons. The fourth-order valence-corrected chi connectivity index (χ4v) is 4.29. The molecule has 0 atom stereocenters. The maximum absolute atomic E-state index is 5.88. The summed E-state index contributed by atoms with van der Waals surface area (Å²) < 4.78 is 2.22. The van der Waals surface area contributed by atoms with E-state index in [1.165, 1.54) is 16.7 Å². The highest BCUT2D eigenvalue weighted by atomic mass is 15.1. The molecule has 1 aromatic heterocycles. The Morgan fingerprint density at radius 3 is 1.48 bits per heavy atom. The molecular formula is C28H23N3. The normalized spacial score (nSPS) is 11.4. The molecule has 0 spiro atoms. The largest absolute Gasteiger partial charge is 0.399 e. The van der Waals surface area contributed by atoms with Gasteiger partial charge in [0.2, 0.25) is 0 Å². The Balaban J connectivity index is 1.80. The van der Waals surface area contributed by atoms with Gasteiger partial charge in [0.25, 0.3) is 0 Å². The lowest BCUT2D eigenvalue weighted by atomic mass is 9.77. The smallest absolute Gasteiger partial charge is 0.121 e. The summed E-state index contributed by atoms with van der Waals surface area (Å²) in [5.41, 5.74) is 11.5. The van der Waals surface area contributed by atoms with Crippen LogP contribution in [-0.2, 0) is 5.54 Å². The molecule has 150 valence electrons. The Hall–Kier alpha value is -4.11. The highest BCUT2D eigenvalue weighted by molar-refractivity contribution is 5.62. The van der Waals surface area contributed by atoms with E-state index in [2.05, 4.69) is 102 Å². The summed E-state index contributed by atoms with van der Waals surface area (Å²) in [7, 11) is 0. The molecule has 3 heteroatoms. The fraction of sp³-hybridized carbons (Fsp3) is 0.0357. The second-order valence-corrected chi connectivity index (χ2v) is 7.60. The third kappa shape index (κ3) is 3.30. The molecule has 0 aliphatic rings. The van der Waals surface area contributed by atoms with E-state index < -0.39 is 5.54 Å². The molecule has 0 aliphatic carbocycles. The van der Waals surface area contributed by atoms with Crippen LogP contribution in [0.2, 0.25) is 0 Å². The third-order valence-electron chi connectivity index (χ3n) is 5.75. The van der Waals surface area contributed by atoms with Gasteiger partial charge >= 0.3 is 0 Å². The lowest BCUT2D eigenvalue weighted by molar-refractivity contribution is 0.515. The molecule has 0 saturated heterocycles. The molecule has 2 N–H and O–H groups in total. The van der Waals surface area contributed by atoms with Crippen LogP contribution in [0, 0.1) is 0 Å². The van der Waals surface area contributed by atoms with Crippen LogP contribution in [0.25, 0.3) is 11.3 Å². The number of benzene rings is 4. The molecule has 4 aromatic carbocycles. The van der Waals surface area contributed by atoms with Gasteiger partial charge in [0.1, 0.15) is 5.54 Å². The average molecular weight is 402 g/mol. The lowest BCUT2D eigenvalue weighted by Crippen LogP contribution is -2.36. The summed E-state index contributed by atoms with van der Waals surface area (Å²) in [4.78, 5) is 4.78. The minimum absolute atomic E-state index is 0.553. The van der Waals surface area contributed by atoms with Crippen molar-refractivity contribution in [1.82, 2.24) is 9.55 Å². The minimum atomic E-state index is -0.553. The van der Waals surface area contributed by atoms with Crippen LogP contribution in [0.4, 0.5) is 5.69 Å². The standard InChI is InChI=1S/C28H23N3/c29-26-18-16-22(17-19-26)27-20-31(21-30-27)28(23-10-4-1-5-11-23,24-12-6-2-7-13-24)25-14-8-3-9-15-25/h1-21H,29H2. The number of nitrogens with zero attached hydrogens (tertiary/aromatic N) is 2. The second-order valence-electron chi connectivity index (χ2n) is 7.60. The zero-order valence-corrected chi connectivity index (χ0v) is 17.1. The van der Waals surface area contributed by atoms with Gasteiger partial charge in [0.15, 0.2) is 0 Å². The van der Waals surface area contributed by atoms with Gasteiger partial charge in [-0.2, -0.15) is 0 Å². The molecular weight excluding hydrogens is 378 g/mol. The summed E-state index contributed by atoms with van der Waals surface area (Å²) in [6.45, 7) is 0. The monoisotopic (exact) mass is 401 g/mol. The summed E-state index contributed by atoms with van der Waals surface area (Å²) in [5.74, 6) is 0. The molecule has 1 heterocycles. The van der Waals surface area contributed by atoms with E-state index in [1.54, 1.807) is 0 Å². The van der Waals surface area contributed by atoms with Crippen LogP contribution < -0.4 is 5.73 Å². The highest BCUT2D eigenvalue weighted by Gasteiger charge is 2.38. The van der Waals surface area contributed by atoms with Crippen LogP contribution in [0.3, 0.4) is 0 Å². The van der Waals surface area contributed by atoms with Crippen molar-refractivity contribution in [1.29, 1.82) is 0 Å². The van der Waals surface area contributed by atoms with Gasteiger partial charge in [0, 0.05) is 17.4 Å². The van der Waals surface area contributed by atoms with E-state index in [9.17, 15) is 0 Å². The van der Waals surface area contributed by atoms with Crippen LogP contribution >= 0.6 is 0 Å². The lowest BCUT2D eigenvalue weighted by Gasteiger charge is -2.37. The second kappa shape index (κ2) is 7.96. The number of hydrogen-bond donors (Lipinski definition) is 1. The fourth-order valence-electron chi connectivity index (χ4n) is 4.29. The van der Waals surface area contributed by atoms with Gasteiger partial charge in [-0.25, -0.2) is 4.98 Å². The van der Waals surface area contributed by atoms with E-state index in [-0.39, 0.29) is 0 Å². The first-order chi connectivity index (χ1) is 15.3. The Labute approximate surface area is 182 Å². The van der Waals surface area contributed by atoms with E-state index >= 15 is 0 Å². The molecule has 0 fully saturated rings. The van der Waals surface area contributed by atoms with Crippen molar-refractivity contribution in [2.45, 2.75) is 5.54 Å². The van der Waals surface area contributed by atoms with Gasteiger partial charge in [-0.3, -0.25) is 0 Å². The highest BCUT2D eigenvalue weighted by Crippen LogP contribution is 2.41. The number of nitrogens with two attached hydrogens (primary N) is 1. The molecule has 5 rings (SSSR count). The van der Waals surface area contributed by atoms with Crippen LogP contribution in [0.5, 0.6) is 0 Å². The Bertz CT molecular complexity index is 1160. The number of imidazole rings is 1. The van der Waals surface area contributed by atoms with Gasteiger partial charge in [0.05, 0.1) is 12.0 Å². The summed E-state index contributed by atoms with van der Waals surface area (Å²) in [6.07, 6.45) is 4.05. The first kappa shape index (κ1) is 18.9. The van der Waals surface area contributed by atoms with Crippen molar-refractivity contribution >= 4 is 5.69 Å². The van der Waals surface area contributed by atoms with Gasteiger partial charge in [-0.15, -0.1) is 0 Å². The number of aromatic nitrogens is 2. The first-order valence-corrected chi connectivity index (χ1v) is 10.4. The average Bonchev–Trinajstić information content (AvgIpc) is 3.33. The predicted octanol–water partition coefficient (Wildman–Crippen LogP) is 5.97. The van der Waals surface area contributed by atoms with Crippen molar-refractivity contribution in [2.75, 3.05) is 5.73 Å². The molecule has 0 unspecified atom stereocenters. The van der Waals surface area contributed by atoms with Crippen molar-refractivity contribution in [3.8, 4) is 11.3 Å². The topological polar surface area (TPSA) is 43.8 Å². The SMILES string of the molecule is Nc1ccc(-c2cn(C(c3ccccc3)(c3ccccc3)c3ccccc3)cn2)cc1. The quantitative estimate of drug-likeness (QED) is 0.291. The third-order valence-corrected chi connectivity index (χ3v) is 5.75. The Kier molecular flexibility index (Phi) is 4.85. The van der Waals surface area contributed by atoms with E-state index in [1.807, 2.05) is 30.6 Å². The maximum atomic E-state index is 5.88. The van der Waals surface area contributed by atoms with Gasteiger partial charge < -0.3 is 10.3 Å². The van der Waals surface area contributed by atoms with Crippen molar-refractivity contribution in [3.05, 3.63) is 144 Å². The minimum Gasteiger partial charge on any atom is -0.399 e. The van der Waals surface area contributed by atoms with Crippen molar-refractivity contribution in [2.24, 2.45) is 0 Å². The molecule has 3 nitrogen and oxygen atoms in total. The van der Waals surface area contributed by atoms with Crippen LogP contribution in [-0.4, -0.2) is 9.55 Å². The number of rotatable bonds is 5. The van der Waals surface area contributed by atoms with Crippen LogP contribution in [0.15, 0.2) is 128 Å². The Morgan fingerprint density at radius 1 is 0.581 bits per heavy atom. The van der Waals surface area contributed by atoms with E-state index in [4.69, 9.17) is 10.7 Å². The summed E-state index contributed by atoms with van der Waals surface area (Å²) in [5, 5.41) is 0. The van der Waals surface area contributed by atoms with Crippen molar-refractivity contribution < 1.29 is 0 Å².